The Kier molecular flexibility index (Phi) is 3.64. The lowest BCUT2D eigenvalue weighted by molar-refractivity contribution is 0.382. The van der Waals surface area contributed by atoms with Gasteiger partial charge >= 0.3 is 0 Å². The molecule has 4 nitrogen and oxygen atoms in total. The second kappa shape index (κ2) is 4.80. The summed E-state index contributed by atoms with van der Waals surface area (Å²) >= 11 is 0. The van der Waals surface area contributed by atoms with E-state index in [1.54, 1.807) is 0 Å². The van der Waals surface area contributed by atoms with Crippen molar-refractivity contribution >= 4 is 10.0 Å². The number of sulfonamides is 1. The zero-order valence-electron chi connectivity index (χ0n) is 9.04. The molecular weight excluding hydrogens is 212 g/mol. The van der Waals surface area contributed by atoms with E-state index in [2.05, 4.69) is 10.0 Å². The first kappa shape index (κ1) is 11.4. The molecule has 0 aromatic rings. The summed E-state index contributed by atoms with van der Waals surface area (Å²) in [5.74, 6) is 0. The summed E-state index contributed by atoms with van der Waals surface area (Å²) in [7, 11) is -2.97. The van der Waals surface area contributed by atoms with Gasteiger partial charge in [0.2, 0.25) is 10.0 Å². The lowest BCUT2D eigenvalue weighted by Gasteiger charge is -2.23. The van der Waals surface area contributed by atoms with Crippen LogP contribution in [0.15, 0.2) is 0 Å². The van der Waals surface area contributed by atoms with Gasteiger partial charge in [0, 0.05) is 12.6 Å². The lowest BCUT2D eigenvalue weighted by Crippen LogP contribution is -2.38. The Hall–Kier alpha value is -0.130. The summed E-state index contributed by atoms with van der Waals surface area (Å²) in [6, 6.07) is 0.514. The molecule has 0 bridgehead atoms. The van der Waals surface area contributed by atoms with Gasteiger partial charge in [-0.15, -0.1) is 0 Å². The first-order valence-corrected chi connectivity index (χ1v) is 7.45. The minimum absolute atomic E-state index is 0.0863. The summed E-state index contributed by atoms with van der Waals surface area (Å²) in [6.07, 6.45) is 6.32. The molecule has 2 N–H and O–H groups in total. The van der Waals surface area contributed by atoms with Gasteiger partial charge in [-0.2, -0.15) is 0 Å². The van der Waals surface area contributed by atoms with Crippen LogP contribution in [0.5, 0.6) is 0 Å². The second-order valence-electron chi connectivity index (χ2n) is 4.57. The molecule has 15 heavy (non-hydrogen) atoms. The van der Waals surface area contributed by atoms with E-state index in [0.29, 0.717) is 12.6 Å². The Morgan fingerprint density at radius 3 is 2.60 bits per heavy atom. The van der Waals surface area contributed by atoms with Crippen LogP contribution >= 0.6 is 0 Å². The average molecular weight is 232 g/mol. The molecule has 88 valence electrons. The number of nitrogens with one attached hydrogen (secondary N) is 2. The zero-order chi connectivity index (χ0) is 10.7. The first-order chi connectivity index (χ1) is 7.18. The van der Waals surface area contributed by atoms with Gasteiger partial charge in [-0.1, -0.05) is 6.42 Å². The Labute approximate surface area is 91.9 Å². The molecule has 2 rings (SSSR count). The second-order valence-corrected chi connectivity index (χ2v) is 6.62. The summed E-state index contributed by atoms with van der Waals surface area (Å²) < 4.78 is 25.7. The SMILES string of the molecule is O=S(=O)(NCCC1CCCCN1)C1CC1. The number of hydrogen-bond donors (Lipinski definition) is 2. The predicted octanol–water partition coefficient (Wildman–Crippen LogP) is 0.600. The van der Waals surface area contributed by atoms with Crippen LogP contribution in [-0.4, -0.2) is 32.8 Å². The van der Waals surface area contributed by atoms with Crippen molar-refractivity contribution in [2.24, 2.45) is 0 Å². The largest absolute Gasteiger partial charge is 0.314 e. The molecule has 1 aliphatic carbocycles. The molecule has 1 aliphatic heterocycles. The monoisotopic (exact) mass is 232 g/mol. The quantitative estimate of drug-likeness (QED) is 0.730. The van der Waals surface area contributed by atoms with Gasteiger partial charge in [0.25, 0.3) is 0 Å². The molecule has 5 heteroatoms. The van der Waals surface area contributed by atoms with Crippen molar-refractivity contribution in [2.45, 2.75) is 49.8 Å². The third kappa shape index (κ3) is 3.43. The van der Waals surface area contributed by atoms with E-state index in [4.69, 9.17) is 0 Å². The zero-order valence-corrected chi connectivity index (χ0v) is 9.85. The lowest BCUT2D eigenvalue weighted by atomic mass is 10.0. The molecule has 1 saturated heterocycles. The number of hydrogen-bond acceptors (Lipinski definition) is 3. The topological polar surface area (TPSA) is 58.2 Å². The van der Waals surface area contributed by atoms with E-state index in [1.165, 1.54) is 19.3 Å². The normalized spacial score (nSPS) is 27.9. The third-order valence-electron chi connectivity index (χ3n) is 3.17. The molecule has 0 amide bonds. The van der Waals surface area contributed by atoms with Gasteiger partial charge < -0.3 is 5.32 Å². The predicted molar refractivity (Wildman–Crippen MR) is 60.2 cm³/mol. The number of rotatable bonds is 5. The molecule has 1 atom stereocenters. The molecule has 1 heterocycles. The molecule has 1 unspecified atom stereocenters. The van der Waals surface area contributed by atoms with Crippen LogP contribution in [0.2, 0.25) is 0 Å². The summed E-state index contributed by atoms with van der Waals surface area (Å²) in [5.41, 5.74) is 0. The molecule has 1 saturated carbocycles. The average Bonchev–Trinajstić information content (AvgIpc) is 3.02. The fourth-order valence-electron chi connectivity index (χ4n) is 2.04. The minimum Gasteiger partial charge on any atom is -0.314 e. The standard InChI is InChI=1S/C10H20N2O2S/c13-15(14,10-4-5-10)12-8-6-9-3-1-2-7-11-9/h9-12H,1-8H2. The summed E-state index contributed by atoms with van der Waals surface area (Å²) in [4.78, 5) is 0. The van der Waals surface area contributed by atoms with E-state index < -0.39 is 10.0 Å². The summed E-state index contributed by atoms with van der Waals surface area (Å²) in [5, 5.41) is 3.33. The smallest absolute Gasteiger partial charge is 0.214 e. The van der Waals surface area contributed by atoms with Crippen molar-refractivity contribution in [1.29, 1.82) is 0 Å². The molecular formula is C10H20N2O2S. The highest BCUT2D eigenvalue weighted by Gasteiger charge is 2.35. The van der Waals surface area contributed by atoms with E-state index in [0.717, 1.165) is 25.8 Å². The van der Waals surface area contributed by atoms with Crippen LogP contribution in [0.3, 0.4) is 0 Å². The maximum atomic E-state index is 11.5. The van der Waals surface area contributed by atoms with Gasteiger partial charge in [-0.3, -0.25) is 0 Å². The van der Waals surface area contributed by atoms with Crippen molar-refractivity contribution < 1.29 is 8.42 Å². The van der Waals surface area contributed by atoms with Crippen LogP contribution in [0.25, 0.3) is 0 Å². The molecule has 0 aromatic heterocycles. The number of piperidine rings is 1. The summed E-state index contributed by atoms with van der Waals surface area (Å²) in [6.45, 7) is 1.68. The van der Waals surface area contributed by atoms with E-state index in [1.807, 2.05) is 0 Å². The van der Waals surface area contributed by atoms with E-state index in [-0.39, 0.29) is 5.25 Å². The van der Waals surface area contributed by atoms with Crippen LogP contribution < -0.4 is 10.0 Å². The molecule has 0 aromatic carbocycles. The fraction of sp³-hybridized carbons (Fsp3) is 1.00. The van der Waals surface area contributed by atoms with Gasteiger partial charge in [0.05, 0.1) is 5.25 Å². The Bertz CT molecular complexity index is 293. The Morgan fingerprint density at radius 1 is 1.20 bits per heavy atom. The maximum Gasteiger partial charge on any atom is 0.214 e. The maximum absolute atomic E-state index is 11.5. The molecule has 0 radical (unpaired) electrons. The first-order valence-electron chi connectivity index (χ1n) is 5.90. The van der Waals surface area contributed by atoms with Crippen LogP contribution in [-0.2, 0) is 10.0 Å². The van der Waals surface area contributed by atoms with E-state index >= 15 is 0 Å². The van der Waals surface area contributed by atoms with Crippen LogP contribution in [0.1, 0.15) is 38.5 Å². The van der Waals surface area contributed by atoms with Crippen molar-refractivity contribution in [3.63, 3.8) is 0 Å². The van der Waals surface area contributed by atoms with Crippen LogP contribution in [0.4, 0.5) is 0 Å². The molecule has 2 fully saturated rings. The molecule has 2 aliphatic rings. The van der Waals surface area contributed by atoms with Crippen molar-refractivity contribution in [2.75, 3.05) is 13.1 Å². The molecule has 0 spiro atoms. The Morgan fingerprint density at radius 2 is 2.00 bits per heavy atom. The highest BCUT2D eigenvalue weighted by molar-refractivity contribution is 7.90. The van der Waals surface area contributed by atoms with Crippen molar-refractivity contribution in [3.05, 3.63) is 0 Å². The van der Waals surface area contributed by atoms with Crippen LogP contribution in [0, 0.1) is 0 Å². The van der Waals surface area contributed by atoms with Crippen molar-refractivity contribution in [1.82, 2.24) is 10.0 Å². The van der Waals surface area contributed by atoms with Crippen molar-refractivity contribution in [3.8, 4) is 0 Å². The third-order valence-corrected chi connectivity index (χ3v) is 5.13. The highest BCUT2D eigenvalue weighted by atomic mass is 32.2. The van der Waals surface area contributed by atoms with Gasteiger partial charge in [-0.05, 0) is 38.6 Å². The van der Waals surface area contributed by atoms with Gasteiger partial charge in [0.1, 0.15) is 0 Å². The Balaban J connectivity index is 1.65. The van der Waals surface area contributed by atoms with Gasteiger partial charge in [0.15, 0.2) is 0 Å². The highest BCUT2D eigenvalue weighted by Crippen LogP contribution is 2.27. The van der Waals surface area contributed by atoms with E-state index in [9.17, 15) is 8.42 Å². The fourth-order valence-corrected chi connectivity index (χ4v) is 3.44. The minimum atomic E-state index is -2.97. The van der Waals surface area contributed by atoms with Gasteiger partial charge in [-0.25, -0.2) is 13.1 Å².